The SMILES string of the molecule is CC(O)Cc1ncccc1C(=O)N1CCSC[C@H]1COc1cccc(O)c1C=O. The number of phenolic OH excluding ortho intramolecular Hbond substituents is 1. The normalized spacial score (nSPS) is 17.6. The average molecular weight is 416 g/mol. The lowest BCUT2D eigenvalue weighted by Crippen LogP contribution is -2.49. The molecule has 2 aromatic rings. The number of thioether (sulfide) groups is 1. The number of aldehydes is 1. The number of ether oxygens (including phenoxy) is 1. The Balaban J connectivity index is 1.78. The van der Waals surface area contributed by atoms with E-state index in [1.807, 2.05) is 0 Å². The van der Waals surface area contributed by atoms with Gasteiger partial charge in [-0.2, -0.15) is 11.8 Å². The van der Waals surface area contributed by atoms with Crippen molar-refractivity contribution in [2.24, 2.45) is 0 Å². The van der Waals surface area contributed by atoms with Crippen LogP contribution < -0.4 is 4.74 Å². The van der Waals surface area contributed by atoms with Crippen LogP contribution in [-0.2, 0) is 6.42 Å². The number of amides is 1. The Morgan fingerprint density at radius 1 is 1.41 bits per heavy atom. The zero-order valence-corrected chi connectivity index (χ0v) is 17.0. The molecule has 1 fully saturated rings. The van der Waals surface area contributed by atoms with Crippen LogP contribution in [0.3, 0.4) is 0 Å². The number of carbonyl (C=O) groups excluding carboxylic acids is 2. The number of carbonyl (C=O) groups is 2. The Kier molecular flexibility index (Phi) is 7.11. The van der Waals surface area contributed by atoms with Gasteiger partial charge in [-0.25, -0.2) is 0 Å². The minimum absolute atomic E-state index is 0.0975. The maximum Gasteiger partial charge on any atom is 0.256 e. The molecule has 8 heteroatoms. The maximum atomic E-state index is 13.2. The van der Waals surface area contributed by atoms with Crippen LogP contribution in [0, 0.1) is 0 Å². The highest BCUT2D eigenvalue weighted by atomic mass is 32.2. The van der Waals surface area contributed by atoms with Crippen molar-refractivity contribution in [2.75, 3.05) is 24.7 Å². The number of hydrogen-bond donors (Lipinski definition) is 2. The number of aromatic nitrogens is 1. The van der Waals surface area contributed by atoms with E-state index in [9.17, 15) is 19.8 Å². The molecule has 1 amide bonds. The number of aromatic hydroxyl groups is 1. The Morgan fingerprint density at radius 2 is 2.24 bits per heavy atom. The molecule has 154 valence electrons. The van der Waals surface area contributed by atoms with Gasteiger partial charge in [-0.15, -0.1) is 0 Å². The van der Waals surface area contributed by atoms with Crippen LogP contribution in [0.15, 0.2) is 36.5 Å². The van der Waals surface area contributed by atoms with Crippen LogP contribution in [0.5, 0.6) is 11.5 Å². The summed E-state index contributed by atoms with van der Waals surface area (Å²) in [4.78, 5) is 30.5. The number of phenols is 1. The van der Waals surface area contributed by atoms with E-state index in [-0.39, 0.29) is 29.9 Å². The summed E-state index contributed by atoms with van der Waals surface area (Å²) >= 11 is 1.73. The molecule has 0 spiro atoms. The largest absolute Gasteiger partial charge is 0.507 e. The number of benzene rings is 1. The molecule has 0 radical (unpaired) electrons. The fraction of sp³-hybridized carbons (Fsp3) is 0.381. The van der Waals surface area contributed by atoms with Gasteiger partial charge in [-0.05, 0) is 31.2 Å². The third-order valence-corrected chi connectivity index (χ3v) is 5.78. The van der Waals surface area contributed by atoms with Crippen LogP contribution in [0.2, 0.25) is 0 Å². The van der Waals surface area contributed by atoms with Crippen LogP contribution in [-0.4, -0.2) is 69.1 Å². The van der Waals surface area contributed by atoms with E-state index in [4.69, 9.17) is 4.74 Å². The summed E-state index contributed by atoms with van der Waals surface area (Å²) in [7, 11) is 0. The van der Waals surface area contributed by atoms with Crippen molar-refractivity contribution in [3.05, 3.63) is 53.3 Å². The molecule has 29 heavy (non-hydrogen) atoms. The number of pyridine rings is 1. The molecule has 1 aliphatic heterocycles. The highest BCUT2D eigenvalue weighted by Gasteiger charge is 2.30. The van der Waals surface area contributed by atoms with E-state index in [0.29, 0.717) is 42.0 Å². The molecule has 2 atom stereocenters. The second-order valence-corrected chi connectivity index (χ2v) is 8.05. The van der Waals surface area contributed by atoms with Gasteiger partial charge in [0.15, 0.2) is 6.29 Å². The van der Waals surface area contributed by atoms with Crippen molar-refractivity contribution in [1.29, 1.82) is 0 Å². The van der Waals surface area contributed by atoms with Gasteiger partial charge < -0.3 is 19.8 Å². The molecule has 2 heterocycles. The van der Waals surface area contributed by atoms with E-state index in [2.05, 4.69) is 4.98 Å². The lowest BCUT2D eigenvalue weighted by molar-refractivity contribution is 0.0644. The predicted molar refractivity (Wildman–Crippen MR) is 111 cm³/mol. The predicted octanol–water partition coefficient (Wildman–Crippen LogP) is 2.16. The molecule has 3 rings (SSSR count). The topological polar surface area (TPSA) is 100.0 Å². The van der Waals surface area contributed by atoms with Crippen molar-refractivity contribution in [3.8, 4) is 11.5 Å². The summed E-state index contributed by atoms with van der Waals surface area (Å²) in [6.07, 6.45) is 1.88. The fourth-order valence-corrected chi connectivity index (χ4v) is 4.29. The summed E-state index contributed by atoms with van der Waals surface area (Å²) in [6.45, 7) is 2.44. The first-order valence-electron chi connectivity index (χ1n) is 9.42. The molecule has 1 unspecified atom stereocenters. The number of aliphatic hydroxyl groups is 1. The molecule has 2 N–H and O–H groups in total. The van der Waals surface area contributed by atoms with Crippen molar-refractivity contribution in [2.45, 2.75) is 25.5 Å². The van der Waals surface area contributed by atoms with E-state index < -0.39 is 6.10 Å². The average Bonchev–Trinajstić information content (AvgIpc) is 2.72. The van der Waals surface area contributed by atoms with E-state index in [0.717, 1.165) is 5.75 Å². The second kappa shape index (κ2) is 9.76. The minimum Gasteiger partial charge on any atom is -0.507 e. The zero-order valence-electron chi connectivity index (χ0n) is 16.2. The molecule has 1 aromatic heterocycles. The first-order chi connectivity index (χ1) is 14.0. The Hall–Kier alpha value is -2.58. The van der Waals surface area contributed by atoms with E-state index in [1.54, 1.807) is 54.0 Å². The smallest absolute Gasteiger partial charge is 0.256 e. The Bertz CT molecular complexity index is 874. The fourth-order valence-electron chi connectivity index (χ4n) is 3.25. The molecule has 0 aliphatic carbocycles. The number of rotatable bonds is 7. The molecule has 0 bridgehead atoms. The van der Waals surface area contributed by atoms with Gasteiger partial charge in [0.1, 0.15) is 18.1 Å². The molecule has 7 nitrogen and oxygen atoms in total. The van der Waals surface area contributed by atoms with Crippen LogP contribution in [0.4, 0.5) is 0 Å². The van der Waals surface area contributed by atoms with Gasteiger partial charge in [0.25, 0.3) is 5.91 Å². The minimum atomic E-state index is -0.597. The molecular formula is C21H24N2O5S. The van der Waals surface area contributed by atoms with Gasteiger partial charge in [0.05, 0.1) is 29.0 Å². The summed E-state index contributed by atoms with van der Waals surface area (Å²) in [5.41, 5.74) is 1.15. The maximum absolute atomic E-state index is 13.2. The standard InChI is InChI=1S/C21H24N2O5S/c1-14(25)10-18-16(4-3-7-22-18)21(27)23-8-9-29-13-15(23)12-28-20-6-2-5-19(26)17(20)11-24/h2-7,11,14-15,25-26H,8-10,12-13H2,1H3/t14?,15-/m1/s1. The Morgan fingerprint density at radius 3 is 3.00 bits per heavy atom. The lowest BCUT2D eigenvalue weighted by Gasteiger charge is -2.35. The van der Waals surface area contributed by atoms with Gasteiger partial charge >= 0.3 is 0 Å². The van der Waals surface area contributed by atoms with Gasteiger partial charge in [-0.1, -0.05) is 6.07 Å². The van der Waals surface area contributed by atoms with Crippen LogP contribution in [0.1, 0.15) is 33.3 Å². The van der Waals surface area contributed by atoms with Crippen LogP contribution in [0.25, 0.3) is 0 Å². The van der Waals surface area contributed by atoms with Gasteiger partial charge in [-0.3, -0.25) is 14.6 Å². The van der Waals surface area contributed by atoms with Crippen molar-refractivity contribution < 1.29 is 24.5 Å². The molecular weight excluding hydrogens is 392 g/mol. The third-order valence-electron chi connectivity index (χ3n) is 4.69. The lowest BCUT2D eigenvalue weighted by atomic mass is 10.1. The van der Waals surface area contributed by atoms with Crippen molar-refractivity contribution in [1.82, 2.24) is 9.88 Å². The summed E-state index contributed by atoms with van der Waals surface area (Å²) in [5.74, 6) is 1.53. The highest BCUT2D eigenvalue weighted by molar-refractivity contribution is 7.99. The Labute approximate surface area is 173 Å². The first kappa shape index (κ1) is 21.1. The quantitative estimate of drug-likeness (QED) is 0.667. The number of hydrogen-bond acceptors (Lipinski definition) is 7. The van der Waals surface area contributed by atoms with Gasteiger partial charge in [0.2, 0.25) is 0 Å². The first-order valence-corrected chi connectivity index (χ1v) is 10.6. The summed E-state index contributed by atoms with van der Waals surface area (Å²) < 4.78 is 5.81. The van der Waals surface area contributed by atoms with Gasteiger partial charge in [0, 0.05) is 30.7 Å². The number of aliphatic hydroxyl groups excluding tert-OH is 1. The molecule has 1 saturated heterocycles. The highest BCUT2D eigenvalue weighted by Crippen LogP contribution is 2.27. The third kappa shape index (κ3) is 5.07. The number of nitrogens with zero attached hydrogens (tertiary/aromatic N) is 2. The molecule has 0 saturated carbocycles. The monoisotopic (exact) mass is 416 g/mol. The summed E-state index contributed by atoms with van der Waals surface area (Å²) in [5, 5.41) is 19.5. The second-order valence-electron chi connectivity index (χ2n) is 6.90. The molecule has 1 aromatic carbocycles. The van der Waals surface area contributed by atoms with Crippen LogP contribution >= 0.6 is 11.8 Å². The van der Waals surface area contributed by atoms with Crippen molar-refractivity contribution >= 4 is 24.0 Å². The summed E-state index contributed by atoms with van der Waals surface area (Å²) in [6, 6.07) is 7.90. The molecule has 1 aliphatic rings. The van der Waals surface area contributed by atoms with E-state index in [1.165, 1.54) is 6.07 Å². The van der Waals surface area contributed by atoms with E-state index >= 15 is 0 Å². The zero-order chi connectivity index (χ0) is 20.8. The van der Waals surface area contributed by atoms with Crippen molar-refractivity contribution in [3.63, 3.8) is 0 Å².